The lowest BCUT2D eigenvalue weighted by Gasteiger charge is -2.12. The van der Waals surface area contributed by atoms with E-state index >= 15 is 0 Å². The van der Waals surface area contributed by atoms with Crippen molar-refractivity contribution in [2.75, 3.05) is 25.3 Å². The van der Waals surface area contributed by atoms with Gasteiger partial charge in [0.05, 0.1) is 20.0 Å². The van der Waals surface area contributed by atoms with Crippen molar-refractivity contribution in [1.29, 1.82) is 0 Å². The van der Waals surface area contributed by atoms with Crippen molar-refractivity contribution in [3.05, 3.63) is 78.4 Å². The van der Waals surface area contributed by atoms with E-state index in [1.165, 1.54) is 11.8 Å². The van der Waals surface area contributed by atoms with Gasteiger partial charge in [-0.1, -0.05) is 41.6 Å². The fourth-order valence-electron chi connectivity index (χ4n) is 3.33. The molecule has 33 heavy (non-hydrogen) atoms. The van der Waals surface area contributed by atoms with Crippen LogP contribution in [0, 0.1) is 6.92 Å². The van der Waals surface area contributed by atoms with Crippen molar-refractivity contribution >= 4 is 23.4 Å². The monoisotopic (exact) mass is 460 g/mol. The summed E-state index contributed by atoms with van der Waals surface area (Å²) in [6, 6.07) is 23.0. The molecule has 0 saturated heterocycles. The number of hydrogen-bond donors (Lipinski definition) is 1. The molecule has 0 unspecified atom stereocenters. The van der Waals surface area contributed by atoms with Crippen LogP contribution in [-0.2, 0) is 4.79 Å². The van der Waals surface area contributed by atoms with Crippen LogP contribution in [0.1, 0.15) is 5.56 Å². The minimum absolute atomic E-state index is 0.144. The van der Waals surface area contributed by atoms with Gasteiger partial charge < -0.3 is 14.8 Å². The maximum Gasteiger partial charge on any atom is 0.234 e. The summed E-state index contributed by atoms with van der Waals surface area (Å²) in [7, 11) is 3.22. The number of aryl methyl sites for hydroxylation is 1. The number of benzene rings is 3. The number of rotatable bonds is 8. The van der Waals surface area contributed by atoms with Crippen molar-refractivity contribution in [2.24, 2.45) is 0 Å². The lowest BCUT2D eigenvalue weighted by Crippen LogP contribution is -2.14. The van der Waals surface area contributed by atoms with Crippen LogP contribution < -0.4 is 14.8 Å². The molecule has 0 aliphatic carbocycles. The zero-order valence-electron chi connectivity index (χ0n) is 18.6. The van der Waals surface area contributed by atoms with E-state index in [0.29, 0.717) is 22.4 Å². The molecule has 0 fully saturated rings. The van der Waals surface area contributed by atoms with Gasteiger partial charge in [-0.3, -0.25) is 9.36 Å². The Bertz CT molecular complexity index is 1250. The van der Waals surface area contributed by atoms with Crippen LogP contribution in [0.2, 0.25) is 0 Å². The van der Waals surface area contributed by atoms with Gasteiger partial charge >= 0.3 is 0 Å². The summed E-state index contributed by atoms with van der Waals surface area (Å²) in [6.45, 7) is 2.04. The number of nitrogens with one attached hydrogen (secondary N) is 1. The standard InChI is InChI=1S/C25H24N4O3S/c1-17-6-4-7-18(14-17)24-27-28-25(29(24)20-10-12-21(31-2)13-11-20)33-16-23(30)26-19-8-5-9-22(15-19)32-3/h4-15H,16H2,1-3H3,(H,26,30). The molecule has 4 aromatic rings. The summed E-state index contributed by atoms with van der Waals surface area (Å²) in [6.07, 6.45) is 0. The molecule has 1 amide bonds. The van der Waals surface area contributed by atoms with Gasteiger partial charge in [-0.05, 0) is 49.4 Å². The predicted octanol–water partition coefficient (Wildman–Crippen LogP) is 4.99. The molecule has 3 aromatic carbocycles. The number of methoxy groups -OCH3 is 2. The molecule has 1 aromatic heterocycles. The largest absolute Gasteiger partial charge is 0.497 e. The first-order valence-electron chi connectivity index (χ1n) is 10.3. The predicted molar refractivity (Wildman–Crippen MR) is 130 cm³/mol. The summed E-state index contributed by atoms with van der Waals surface area (Å²) in [5.74, 6) is 2.19. The molecule has 168 valence electrons. The normalized spacial score (nSPS) is 10.6. The Labute approximate surface area is 196 Å². The molecular formula is C25H24N4O3S. The Balaban J connectivity index is 1.60. The Morgan fingerprint density at radius 1 is 0.939 bits per heavy atom. The van der Waals surface area contributed by atoms with Crippen molar-refractivity contribution < 1.29 is 14.3 Å². The van der Waals surface area contributed by atoms with Gasteiger partial charge in [-0.25, -0.2) is 0 Å². The highest BCUT2D eigenvalue weighted by molar-refractivity contribution is 7.99. The first-order chi connectivity index (χ1) is 16.1. The van der Waals surface area contributed by atoms with Crippen LogP contribution in [0.5, 0.6) is 11.5 Å². The van der Waals surface area contributed by atoms with E-state index in [-0.39, 0.29) is 11.7 Å². The highest BCUT2D eigenvalue weighted by Gasteiger charge is 2.18. The second-order valence-corrected chi connectivity index (χ2v) is 8.22. The second kappa shape index (κ2) is 10.2. The lowest BCUT2D eigenvalue weighted by atomic mass is 10.1. The van der Waals surface area contributed by atoms with E-state index in [1.54, 1.807) is 20.3 Å². The van der Waals surface area contributed by atoms with Crippen LogP contribution in [-0.4, -0.2) is 40.6 Å². The van der Waals surface area contributed by atoms with Gasteiger partial charge in [0.25, 0.3) is 0 Å². The number of anilines is 1. The van der Waals surface area contributed by atoms with Crippen molar-refractivity contribution in [2.45, 2.75) is 12.1 Å². The fraction of sp³-hybridized carbons (Fsp3) is 0.160. The van der Waals surface area contributed by atoms with Crippen LogP contribution in [0.3, 0.4) is 0 Å². The maximum absolute atomic E-state index is 12.6. The summed E-state index contributed by atoms with van der Waals surface area (Å²) in [5.41, 5.74) is 3.64. The molecular weight excluding hydrogens is 436 g/mol. The second-order valence-electron chi connectivity index (χ2n) is 7.28. The van der Waals surface area contributed by atoms with Crippen molar-refractivity contribution in [1.82, 2.24) is 14.8 Å². The zero-order chi connectivity index (χ0) is 23.2. The Kier molecular flexibility index (Phi) is 6.95. The van der Waals surface area contributed by atoms with Gasteiger partial charge in [0.15, 0.2) is 11.0 Å². The summed E-state index contributed by atoms with van der Waals surface area (Å²) in [5, 5.41) is 12.4. The van der Waals surface area contributed by atoms with E-state index in [0.717, 1.165) is 22.6 Å². The zero-order valence-corrected chi connectivity index (χ0v) is 19.4. The van der Waals surface area contributed by atoms with E-state index in [1.807, 2.05) is 72.2 Å². The summed E-state index contributed by atoms with van der Waals surface area (Å²) in [4.78, 5) is 12.6. The topological polar surface area (TPSA) is 78.3 Å². The number of carbonyl (C=O) groups excluding carboxylic acids is 1. The molecule has 0 aliphatic heterocycles. The molecule has 1 heterocycles. The first-order valence-corrected chi connectivity index (χ1v) is 11.3. The molecule has 0 spiro atoms. The Morgan fingerprint density at radius 2 is 1.70 bits per heavy atom. The van der Waals surface area contributed by atoms with Gasteiger partial charge in [0.1, 0.15) is 11.5 Å². The third kappa shape index (κ3) is 5.35. The molecule has 0 radical (unpaired) electrons. The van der Waals surface area contributed by atoms with Gasteiger partial charge in [0, 0.05) is 23.0 Å². The number of ether oxygens (including phenoxy) is 2. The lowest BCUT2D eigenvalue weighted by molar-refractivity contribution is -0.113. The van der Waals surface area contributed by atoms with Crippen molar-refractivity contribution in [3.8, 4) is 28.6 Å². The summed E-state index contributed by atoms with van der Waals surface area (Å²) < 4.78 is 12.5. The third-order valence-electron chi connectivity index (χ3n) is 4.93. The van der Waals surface area contributed by atoms with Crippen LogP contribution in [0.15, 0.2) is 78.0 Å². The molecule has 7 nitrogen and oxygen atoms in total. The van der Waals surface area contributed by atoms with E-state index in [2.05, 4.69) is 21.6 Å². The molecule has 0 bridgehead atoms. The number of aromatic nitrogens is 3. The maximum atomic E-state index is 12.6. The highest BCUT2D eigenvalue weighted by Crippen LogP contribution is 2.29. The van der Waals surface area contributed by atoms with Crippen LogP contribution in [0.4, 0.5) is 5.69 Å². The molecule has 0 saturated carbocycles. The molecule has 0 aliphatic rings. The average molecular weight is 461 g/mol. The smallest absolute Gasteiger partial charge is 0.234 e. The molecule has 1 N–H and O–H groups in total. The number of hydrogen-bond acceptors (Lipinski definition) is 6. The highest BCUT2D eigenvalue weighted by atomic mass is 32.2. The third-order valence-corrected chi connectivity index (χ3v) is 5.86. The number of nitrogens with zero attached hydrogens (tertiary/aromatic N) is 3. The number of thioether (sulfide) groups is 1. The molecule has 8 heteroatoms. The van der Waals surface area contributed by atoms with E-state index in [4.69, 9.17) is 9.47 Å². The minimum atomic E-state index is -0.144. The van der Waals surface area contributed by atoms with Gasteiger partial charge in [0.2, 0.25) is 5.91 Å². The molecule has 4 rings (SSSR count). The Morgan fingerprint density at radius 3 is 2.42 bits per heavy atom. The minimum Gasteiger partial charge on any atom is -0.497 e. The summed E-state index contributed by atoms with van der Waals surface area (Å²) >= 11 is 1.32. The van der Waals surface area contributed by atoms with Gasteiger partial charge in [-0.2, -0.15) is 0 Å². The van der Waals surface area contributed by atoms with Crippen LogP contribution in [0.25, 0.3) is 17.1 Å². The van der Waals surface area contributed by atoms with E-state index in [9.17, 15) is 4.79 Å². The SMILES string of the molecule is COc1ccc(-n2c(SCC(=O)Nc3cccc(OC)c3)nnc2-c2cccc(C)c2)cc1. The number of carbonyl (C=O) groups is 1. The Hall–Kier alpha value is -3.78. The van der Waals surface area contributed by atoms with Crippen LogP contribution >= 0.6 is 11.8 Å². The fourth-order valence-corrected chi connectivity index (χ4v) is 4.08. The van der Waals surface area contributed by atoms with Gasteiger partial charge in [-0.15, -0.1) is 10.2 Å². The molecule has 0 atom stereocenters. The first kappa shape index (κ1) is 22.4. The van der Waals surface area contributed by atoms with E-state index < -0.39 is 0 Å². The number of amides is 1. The van der Waals surface area contributed by atoms with Crippen molar-refractivity contribution in [3.63, 3.8) is 0 Å². The quantitative estimate of drug-likeness (QED) is 0.373. The average Bonchev–Trinajstić information content (AvgIpc) is 3.27.